The number of rotatable bonds is 3. The van der Waals surface area contributed by atoms with Crippen LogP contribution in [0.1, 0.15) is 12.8 Å². The van der Waals surface area contributed by atoms with Gasteiger partial charge in [0.2, 0.25) is 12.7 Å². The molecule has 4 rings (SSSR count). The van der Waals surface area contributed by atoms with E-state index in [2.05, 4.69) is 10.6 Å². The summed E-state index contributed by atoms with van der Waals surface area (Å²) >= 11 is 0. The number of fused-ring (bicyclic) bond motifs is 1. The largest absolute Gasteiger partial charge is 0.454 e. The van der Waals surface area contributed by atoms with Crippen LogP contribution in [0.25, 0.3) is 0 Å². The van der Waals surface area contributed by atoms with E-state index in [1.54, 1.807) is 24.3 Å². The highest BCUT2D eigenvalue weighted by atomic mass is 19.1. The van der Waals surface area contributed by atoms with Crippen LogP contribution in [0.5, 0.6) is 11.5 Å². The van der Waals surface area contributed by atoms with Crippen LogP contribution >= 0.6 is 0 Å². The second-order valence-corrected chi connectivity index (χ2v) is 6.35. The Morgan fingerprint density at radius 2 is 1.85 bits per heavy atom. The summed E-state index contributed by atoms with van der Waals surface area (Å²) in [4.78, 5) is 26.7. The van der Waals surface area contributed by atoms with Crippen molar-refractivity contribution in [1.82, 2.24) is 4.90 Å². The number of urea groups is 1. The molecular weight excluding hydrogens is 353 g/mol. The molecule has 2 aliphatic rings. The zero-order valence-corrected chi connectivity index (χ0v) is 14.4. The zero-order valence-electron chi connectivity index (χ0n) is 14.4. The van der Waals surface area contributed by atoms with E-state index in [1.807, 2.05) is 0 Å². The molecule has 2 N–H and O–H groups in total. The molecule has 27 heavy (non-hydrogen) atoms. The van der Waals surface area contributed by atoms with Gasteiger partial charge in [-0.2, -0.15) is 0 Å². The zero-order chi connectivity index (χ0) is 18.8. The molecule has 2 aromatic carbocycles. The summed E-state index contributed by atoms with van der Waals surface area (Å²) in [5.74, 6) is 0.483. The SMILES string of the molecule is O=C(Nc1ccc2c(c1)OCO2)[C@H]1CCCN1C(=O)Nc1cccc(F)c1. The lowest BCUT2D eigenvalue weighted by molar-refractivity contribution is -0.119. The third-order valence-electron chi connectivity index (χ3n) is 4.53. The second kappa shape index (κ2) is 7.14. The smallest absolute Gasteiger partial charge is 0.322 e. The Balaban J connectivity index is 1.42. The fourth-order valence-corrected chi connectivity index (χ4v) is 3.24. The Bertz CT molecular complexity index is 889. The van der Waals surface area contributed by atoms with E-state index < -0.39 is 17.9 Å². The highest BCUT2D eigenvalue weighted by Crippen LogP contribution is 2.34. The van der Waals surface area contributed by atoms with Crippen molar-refractivity contribution in [3.05, 3.63) is 48.3 Å². The van der Waals surface area contributed by atoms with E-state index >= 15 is 0 Å². The number of nitrogens with zero attached hydrogens (tertiary/aromatic N) is 1. The van der Waals surface area contributed by atoms with Crippen molar-refractivity contribution < 1.29 is 23.5 Å². The van der Waals surface area contributed by atoms with Crippen molar-refractivity contribution in [2.45, 2.75) is 18.9 Å². The third-order valence-corrected chi connectivity index (χ3v) is 4.53. The number of hydrogen-bond acceptors (Lipinski definition) is 4. The van der Waals surface area contributed by atoms with Crippen molar-refractivity contribution in [2.75, 3.05) is 24.0 Å². The van der Waals surface area contributed by atoms with Gasteiger partial charge in [0.1, 0.15) is 11.9 Å². The second-order valence-electron chi connectivity index (χ2n) is 6.35. The quantitative estimate of drug-likeness (QED) is 0.868. The van der Waals surface area contributed by atoms with E-state index in [9.17, 15) is 14.0 Å². The average Bonchev–Trinajstić information content (AvgIpc) is 3.30. The summed E-state index contributed by atoms with van der Waals surface area (Å²) in [7, 11) is 0. The minimum atomic E-state index is -0.594. The summed E-state index contributed by atoms with van der Waals surface area (Å²) in [6, 6.07) is 9.75. The molecular formula is C19H18FN3O4. The lowest BCUT2D eigenvalue weighted by Crippen LogP contribution is -2.45. The van der Waals surface area contributed by atoms with Gasteiger partial charge >= 0.3 is 6.03 Å². The first kappa shape index (κ1) is 17.1. The van der Waals surface area contributed by atoms with Crippen molar-refractivity contribution >= 4 is 23.3 Å². The van der Waals surface area contributed by atoms with Crippen LogP contribution in [-0.2, 0) is 4.79 Å². The maximum absolute atomic E-state index is 13.3. The van der Waals surface area contributed by atoms with E-state index in [0.29, 0.717) is 35.8 Å². The minimum Gasteiger partial charge on any atom is -0.454 e. The first-order valence-electron chi connectivity index (χ1n) is 8.64. The van der Waals surface area contributed by atoms with E-state index in [4.69, 9.17) is 9.47 Å². The summed E-state index contributed by atoms with van der Waals surface area (Å²) < 4.78 is 23.8. The van der Waals surface area contributed by atoms with Gasteiger partial charge in [0.25, 0.3) is 0 Å². The number of amides is 3. The normalized spacial score (nSPS) is 17.7. The molecule has 7 nitrogen and oxygen atoms in total. The Morgan fingerprint density at radius 1 is 1.04 bits per heavy atom. The van der Waals surface area contributed by atoms with Crippen molar-refractivity contribution in [3.63, 3.8) is 0 Å². The van der Waals surface area contributed by atoms with Gasteiger partial charge in [-0.05, 0) is 43.2 Å². The molecule has 3 amide bonds. The molecule has 2 aliphatic heterocycles. The summed E-state index contributed by atoms with van der Waals surface area (Å²) in [5, 5.41) is 5.45. The highest BCUT2D eigenvalue weighted by Gasteiger charge is 2.34. The van der Waals surface area contributed by atoms with Gasteiger partial charge in [-0.1, -0.05) is 6.07 Å². The summed E-state index contributed by atoms with van der Waals surface area (Å²) in [5.41, 5.74) is 0.920. The molecule has 0 bridgehead atoms. The molecule has 1 atom stereocenters. The number of anilines is 2. The summed E-state index contributed by atoms with van der Waals surface area (Å²) in [6.07, 6.45) is 1.28. The number of halogens is 1. The predicted molar refractivity (Wildman–Crippen MR) is 96.3 cm³/mol. The molecule has 1 saturated heterocycles. The number of carbonyl (C=O) groups is 2. The number of likely N-dealkylation sites (tertiary alicyclic amines) is 1. The molecule has 0 aromatic heterocycles. The van der Waals surface area contributed by atoms with Crippen LogP contribution in [0.4, 0.5) is 20.6 Å². The van der Waals surface area contributed by atoms with Crippen LogP contribution in [0.3, 0.4) is 0 Å². The van der Waals surface area contributed by atoms with Crippen molar-refractivity contribution in [2.24, 2.45) is 0 Å². The molecule has 2 aromatic rings. The van der Waals surface area contributed by atoms with Crippen LogP contribution < -0.4 is 20.1 Å². The van der Waals surface area contributed by atoms with Gasteiger partial charge in [-0.25, -0.2) is 9.18 Å². The average molecular weight is 371 g/mol. The van der Waals surface area contributed by atoms with Crippen LogP contribution in [-0.4, -0.2) is 36.2 Å². The number of carbonyl (C=O) groups excluding carboxylic acids is 2. The maximum Gasteiger partial charge on any atom is 0.322 e. The standard InChI is InChI=1S/C19H18FN3O4/c20-12-3-1-4-13(9-12)22-19(25)23-8-2-5-15(23)18(24)21-14-6-7-16-17(10-14)27-11-26-16/h1,3-4,6-7,9-10,15H,2,5,8,11H2,(H,21,24)(H,22,25)/t15-/m1/s1. The van der Waals surface area contributed by atoms with Crippen LogP contribution in [0.2, 0.25) is 0 Å². The van der Waals surface area contributed by atoms with E-state index in [-0.39, 0.29) is 12.7 Å². The Morgan fingerprint density at radius 3 is 2.70 bits per heavy atom. The summed E-state index contributed by atoms with van der Waals surface area (Å²) in [6.45, 7) is 0.615. The molecule has 140 valence electrons. The van der Waals surface area contributed by atoms with Gasteiger partial charge in [0.05, 0.1) is 0 Å². The Kier molecular flexibility index (Phi) is 4.53. The molecule has 1 fully saturated rings. The lowest BCUT2D eigenvalue weighted by atomic mass is 10.2. The molecule has 2 heterocycles. The number of ether oxygens (including phenoxy) is 2. The van der Waals surface area contributed by atoms with E-state index in [1.165, 1.54) is 23.1 Å². The Labute approximate surface area is 155 Å². The third kappa shape index (κ3) is 3.64. The monoisotopic (exact) mass is 371 g/mol. The fourth-order valence-electron chi connectivity index (χ4n) is 3.24. The molecule has 0 aliphatic carbocycles. The van der Waals surface area contributed by atoms with Crippen LogP contribution in [0.15, 0.2) is 42.5 Å². The maximum atomic E-state index is 13.3. The van der Waals surface area contributed by atoms with Gasteiger partial charge in [0, 0.05) is 24.0 Å². The highest BCUT2D eigenvalue weighted by molar-refractivity contribution is 5.99. The molecule has 0 saturated carbocycles. The predicted octanol–water partition coefficient (Wildman–Crippen LogP) is 3.19. The van der Waals surface area contributed by atoms with Crippen molar-refractivity contribution in [3.8, 4) is 11.5 Å². The first-order chi connectivity index (χ1) is 13.1. The van der Waals surface area contributed by atoms with Crippen LogP contribution in [0, 0.1) is 5.82 Å². The molecule has 0 unspecified atom stereocenters. The molecule has 0 radical (unpaired) electrons. The molecule has 0 spiro atoms. The van der Waals surface area contributed by atoms with Gasteiger partial charge < -0.3 is 25.0 Å². The van der Waals surface area contributed by atoms with Gasteiger partial charge in [-0.15, -0.1) is 0 Å². The Hall–Kier alpha value is -3.29. The number of benzene rings is 2. The van der Waals surface area contributed by atoms with Crippen molar-refractivity contribution in [1.29, 1.82) is 0 Å². The lowest BCUT2D eigenvalue weighted by Gasteiger charge is -2.24. The van der Waals surface area contributed by atoms with Gasteiger partial charge in [0.15, 0.2) is 11.5 Å². The first-order valence-corrected chi connectivity index (χ1v) is 8.64. The van der Waals surface area contributed by atoms with Gasteiger partial charge in [-0.3, -0.25) is 4.79 Å². The topological polar surface area (TPSA) is 79.9 Å². The van der Waals surface area contributed by atoms with E-state index in [0.717, 1.165) is 6.42 Å². The fraction of sp³-hybridized carbons (Fsp3) is 0.263. The minimum absolute atomic E-state index is 0.156. The molecule has 8 heteroatoms. The number of hydrogen-bond donors (Lipinski definition) is 2. The number of nitrogens with one attached hydrogen (secondary N) is 2.